The SMILES string of the molecule is OCC/C=C/C(O)c1ccccc1. The van der Waals surface area contributed by atoms with Gasteiger partial charge in [0.25, 0.3) is 0 Å². The molecule has 2 nitrogen and oxygen atoms in total. The lowest BCUT2D eigenvalue weighted by Gasteiger charge is -2.04. The molecule has 0 aliphatic rings. The van der Waals surface area contributed by atoms with Crippen LogP contribution in [0.15, 0.2) is 42.5 Å². The lowest BCUT2D eigenvalue weighted by atomic mass is 10.1. The highest BCUT2D eigenvalue weighted by Crippen LogP contribution is 2.12. The van der Waals surface area contributed by atoms with Gasteiger partial charge in [0, 0.05) is 6.61 Å². The molecule has 0 aliphatic carbocycles. The van der Waals surface area contributed by atoms with Gasteiger partial charge in [-0.15, -0.1) is 0 Å². The predicted molar refractivity (Wildman–Crippen MR) is 52.2 cm³/mol. The van der Waals surface area contributed by atoms with Crippen LogP contribution in [0.2, 0.25) is 0 Å². The molecule has 0 bridgehead atoms. The molecule has 0 heterocycles. The number of aliphatic hydroxyl groups excluding tert-OH is 2. The van der Waals surface area contributed by atoms with Gasteiger partial charge in [-0.05, 0) is 12.0 Å². The van der Waals surface area contributed by atoms with Crippen LogP contribution in [0.1, 0.15) is 18.1 Å². The highest BCUT2D eigenvalue weighted by Gasteiger charge is 1.99. The molecule has 1 aromatic carbocycles. The number of benzene rings is 1. The Bertz CT molecular complexity index is 254. The van der Waals surface area contributed by atoms with Crippen LogP contribution in [0.25, 0.3) is 0 Å². The van der Waals surface area contributed by atoms with Gasteiger partial charge in [-0.2, -0.15) is 0 Å². The average molecular weight is 178 g/mol. The fraction of sp³-hybridized carbons (Fsp3) is 0.273. The monoisotopic (exact) mass is 178 g/mol. The minimum atomic E-state index is -0.562. The van der Waals surface area contributed by atoms with Crippen molar-refractivity contribution in [3.8, 4) is 0 Å². The molecular formula is C11H14O2. The molecule has 1 aromatic rings. The summed E-state index contributed by atoms with van der Waals surface area (Å²) in [6, 6.07) is 9.42. The zero-order valence-electron chi connectivity index (χ0n) is 7.43. The Morgan fingerprint density at radius 2 is 1.92 bits per heavy atom. The molecule has 0 aliphatic heterocycles. The molecule has 70 valence electrons. The summed E-state index contributed by atoms with van der Waals surface area (Å²) in [5.41, 5.74) is 0.872. The van der Waals surface area contributed by atoms with Gasteiger partial charge in [0.05, 0.1) is 6.10 Å². The van der Waals surface area contributed by atoms with Gasteiger partial charge in [0.2, 0.25) is 0 Å². The van der Waals surface area contributed by atoms with E-state index in [4.69, 9.17) is 5.11 Å². The smallest absolute Gasteiger partial charge is 0.0971 e. The molecule has 0 fully saturated rings. The van der Waals surface area contributed by atoms with E-state index in [1.807, 2.05) is 30.3 Å². The van der Waals surface area contributed by atoms with Gasteiger partial charge in [-0.3, -0.25) is 0 Å². The van der Waals surface area contributed by atoms with E-state index in [1.54, 1.807) is 12.2 Å². The first-order valence-corrected chi connectivity index (χ1v) is 4.35. The molecule has 0 radical (unpaired) electrons. The third kappa shape index (κ3) is 3.40. The van der Waals surface area contributed by atoms with Crippen LogP contribution in [0.5, 0.6) is 0 Å². The van der Waals surface area contributed by atoms with Crippen molar-refractivity contribution in [3.05, 3.63) is 48.0 Å². The molecule has 1 rings (SSSR count). The second-order valence-corrected chi connectivity index (χ2v) is 2.80. The van der Waals surface area contributed by atoms with Crippen LogP contribution in [-0.4, -0.2) is 16.8 Å². The number of rotatable bonds is 4. The van der Waals surface area contributed by atoms with Crippen molar-refractivity contribution in [1.29, 1.82) is 0 Å². The maximum Gasteiger partial charge on any atom is 0.0971 e. The minimum Gasteiger partial charge on any atom is -0.396 e. The maximum absolute atomic E-state index is 9.58. The number of hydrogen-bond donors (Lipinski definition) is 2. The molecule has 1 unspecified atom stereocenters. The molecule has 0 amide bonds. The highest BCUT2D eigenvalue weighted by molar-refractivity contribution is 5.20. The van der Waals surface area contributed by atoms with Crippen LogP contribution < -0.4 is 0 Å². The van der Waals surface area contributed by atoms with E-state index in [0.717, 1.165) is 5.56 Å². The van der Waals surface area contributed by atoms with Crippen molar-refractivity contribution in [3.63, 3.8) is 0 Å². The van der Waals surface area contributed by atoms with E-state index in [-0.39, 0.29) is 6.61 Å². The molecule has 2 N–H and O–H groups in total. The summed E-state index contributed by atoms with van der Waals surface area (Å²) in [6.45, 7) is 0.123. The molecule has 0 aromatic heterocycles. The fourth-order valence-electron chi connectivity index (χ4n) is 1.06. The average Bonchev–Trinajstić information content (AvgIpc) is 2.19. The largest absolute Gasteiger partial charge is 0.396 e. The Labute approximate surface area is 78.2 Å². The van der Waals surface area contributed by atoms with Crippen LogP contribution >= 0.6 is 0 Å². The first-order chi connectivity index (χ1) is 6.34. The van der Waals surface area contributed by atoms with Crippen molar-refractivity contribution < 1.29 is 10.2 Å². The lowest BCUT2D eigenvalue weighted by molar-refractivity contribution is 0.227. The van der Waals surface area contributed by atoms with E-state index in [9.17, 15) is 5.11 Å². The molecule has 0 spiro atoms. The third-order valence-corrected chi connectivity index (χ3v) is 1.76. The van der Waals surface area contributed by atoms with Gasteiger partial charge in [0.1, 0.15) is 0 Å². The molecule has 1 atom stereocenters. The normalized spacial score (nSPS) is 13.4. The van der Waals surface area contributed by atoms with Gasteiger partial charge in [-0.1, -0.05) is 42.5 Å². The second-order valence-electron chi connectivity index (χ2n) is 2.80. The molecular weight excluding hydrogens is 164 g/mol. The number of aliphatic hydroxyl groups is 2. The second kappa shape index (κ2) is 5.51. The summed E-state index contributed by atoms with van der Waals surface area (Å²) in [6.07, 6.45) is 3.49. The Morgan fingerprint density at radius 1 is 1.23 bits per heavy atom. The summed E-state index contributed by atoms with van der Waals surface area (Å²) in [5.74, 6) is 0. The van der Waals surface area contributed by atoms with E-state index in [2.05, 4.69) is 0 Å². The maximum atomic E-state index is 9.58. The first-order valence-electron chi connectivity index (χ1n) is 4.35. The van der Waals surface area contributed by atoms with Crippen molar-refractivity contribution >= 4 is 0 Å². The third-order valence-electron chi connectivity index (χ3n) is 1.76. The number of hydrogen-bond acceptors (Lipinski definition) is 2. The van der Waals surface area contributed by atoms with E-state index in [1.165, 1.54) is 0 Å². The summed E-state index contributed by atoms with van der Waals surface area (Å²) < 4.78 is 0. The molecule has 0 saturated carbocycles. The summed E-state index contributed by atoms with van der Waals surface area (Å²) in [7, 11) is 0. The minimum absolute atomic E-state index is 0.123. The quantitative estimate of drug-likeness (QED) is 0.688. The standard InChI is InChI=1S/C11H14O2/c12-9-5-4-8-11(13)10-6-2-1-3-7-10/h1-4,6-8,11-13H,5,9H2/b8-4+. The van der Waals surface area contributed by atoms with E-state index < -0.39 is 6.10 Å². The van der Waals surface area contributed by atoms with Crippen LogP contribution in [0, 0.1) is 0 Å². The predicted octanol–water partition coefficient (Wildman–Crippen LogP) is 1.66. The Balaban J connectivity index is 2.53. The molecule has 2 heteroatoms. The fourth-order valence-corrected chi connectivity index (χ4v) is 1.06. The zero-order valence-corrected chi connectivity index (χ0v) is 7.43. The lowest BCUT2D eigenvalue weighted by Crippen LogP contribution is -1.92. The Kier molecular flexibility index (Phi) is 4.23. The van der Waals surface area contributed by atoms with Crippen LogP contribution in [0.3, 0.4) is 0 Å². The zero-order chi connectivity index (χ0) is 9.52. The summed E-state index contributed by atoms with van der Waals surface area (Å²) >= 11 is 0. The van der Waals surface area contributed by atoms with E-state index in [0.29, 0.717) is 6.42 Å². The van der Waals surface area contributed by atoms with Gasteiger partial charge in [0.15, 0.2) is 0 Å². The summed E-state index contributed by atoms with van der Waals surface area (Å²) in [4.78, 5) is 0. The molecule has 13 heavy (non-hydrogen) atoms. The highest BCUT2D eigenvalue weighted by atomic mass is 16.3. The van der Waals surface area contributed by atoms with Gasteiger partial charge in [-0.25, -0.2) is 0 Å². The Morgan fingerprint density at radius 3 is 2.54 bits per heavy atom. The van der Waals surface area contributed by atoms with Crippen molar-refractivity contribution in [2.45, 2.75) is 12.5 Å². The van der Waals surface area contributed by atoms with Crippen molar-refractivity contribution in [2.24, 2.45) is 0 Å². The van der Waals surface area contributed by atoms with Gasteiger partial charge >= 0.3 is 0 Å². The van der Waals surface area contributed by atoms with Crippen LogP contribution in [0.4, 0.5) is 0 Å². The first kappa shape index (κ1) is 9.96. The topological polar surface area (TPSA) is 40.5 Å². The Hall–Kier alpha value is -1.12. The van der Waals surface area contributed by atoms with Crippen molar-refractivity contribution in [1.82, 2.24) is 0 Å². The van der Waals surface area contributed by atoms with Crippen molar-refractivity contribution in [2.75, 3.05) is 6.61 Å². The summed E-state index contributed by atoms with van der Waals surface area (Å²) in [5, 5.41) is 18.1. The van der Waals surface area contributed by atoms with Gasteiger partial charge < -0.3 is 10.2 Å². The molecule has 0 saturated heterocycles. The van der Waals surface area contributed by atoms with Crippen LogP contribution in [-0.2, 0) is 0 Å². The van der Waals surface area contributed by atoms with E-state index >= 15 is 0 Å².